The van der Waals surface area contributed by atoms with E-state index in [1.54, 1.807) is 0 Å². The van der Waals surface area contributed by atoms with Gasteiger partial charge in [0.25, 0.3) is 11.8 Å². The van der Waals surface area contributed by atoms with Crippen molar-refractivity contribution in [3.8, 4) is 5.75 Å². The van der Waals surface area contributed by atoms with Gasteiger partial charge in [0, 0.05) is 24.9 Å². The van der Waals surface area contributed by atoms with Crippen LogP contribution in [-0.4, -0.2) is 75.5 Å². The summed E-state index contributed by atoms with van der Waals surface area (Å²) in [7, 11) is 0. The Balaban J connectivity index is 1.83. The topological polar surface area (TPSA) is 153 Å². The fraction of sp³-hybridized carbons (Fsp3) is 0.455. The first-order chi connectivity index (χ1) is 16.5. The second-order valence-corrected chi connectivity index (χ2v) is 9.18. The lowest BCUT2D eigenvalue weighted by atomic mass is 10.0. The molecule has 3 atom stereocenters. The third-order valence-corrected chi connectivity index (χ3v) is 6.32. The van der Waals surface area contributed by atoms with Crippen molar-refractivity contribution in [2.45, 2.75) is 57.2 Å². The molecule has 2 aliphatic heterocycles. The van der Waals surface area contributed by atoms with Crippen molar-refractivity contribution in [3.63, 3.8) is 0 Å². The zero-order valence-electron chi connectivity index (χ0n) is 18.8. The number of amides is 4. The van der Waals surface area contributed by atoms with Crippen molar-refractivity contribution < 1.29 is 33.9 Å². The standard InChI is InChI=1S/C22H24Cl2N4O7/c1-11(30)7-13(10-29)25-21(34)17-3-2-6-27-18(31)5-4-16(22(35)28(17)27)26-20(33)12-8-14(23)19(32)15(24)9-12/h8-10,13,16-17,32H,2-7H2,1H3,(H,25,34)(H,26,33)/t13-,16-,17-/m0/s1. The van der Waals surface area contributed by atoms with Gasteiger partial charge in [-0.25, -0.2) is 5.01 Å². The summed E-state index contributed by atoms with van der Waals surface area (Å²) in [5, 5.41) is 16.6. The average Bonchev–Trinajstić information content (AvgIpc) is 2.93. The van der Waals surface area contributed by atoms with E-state index in [1.165, 1.54) is 24.1 Å². The van der Waals surface area contributed by atoms with Crippen LogP contribution < -0.4 is 10.6 Å². The molecule has 2 aliphatic rings. The number of hydrogen-bond donors (Lipinski definition) is 3. The van der Waals surface area contributed by atoms with Crippen LogP contribution in [0.5, 0.6) is 5.75 Å². The number of aldehydes is 1. The smallest absolute Gasteiger partial charge is 0.264 e. The Morgan fingerprint density at radius 1 is 1.20 bits per heavy atom. The highest BCUT2D eigenvalue weighted by atomic mass is 35.5. The Labute approximate surface area is 210 Å². The van der Waals surface area contributed by atoms with Crippen molar-refractivity contribution in [2.24, 2.45) is 0 Å². The summed E-state index contributed by atoms with van der Waals surface area (Å²) >= 11 is 11.8. The van der Waals surface area contributed by atoms with E-state index in [2.05, 4.69) is 10.6 Å². The van der Waals surface area contributed by atoms with Crippen LogP contribution in [0.4, 0.5) is 0 Å². The first-order valence-corrected chi connectivity index (χ1v) is 11.7. The fourth-order valence-corrected chi connectivity index (χ4v) is 4.55. The second kappa shape index (κ2) is 11.0. The number of carbonyl (C=O) groups excluding carboxylic acids is 6. The Morgan fingerprint density at radius 2 is 1.86 bits per heavy atom. The first kappa shape index (κ1) is 26.4. The summed E-state index contributed by atoms with van der Waals surface area (Å²) in [6, 6.07) is -0.946. The Kier molecular flexibility index (Phi) is 8.34. The number of phenolic OH excluding ortho intramolecular Hbond substituents is 1. The van der Waals surface area contributed by atoms with Crippen molar-refractivity contribution >= 4 is 58.9 Å². The van der Waals surface area contributed by atoms with E-state index in [0.29, 0.717) is 12.7 Å². The minimum atomic E-state index is -1.14. The van der Waals surface area contributed by atoms with E-state index in [0.717, 1.165) is 5.01 Å². The highest BCUT2D eigenvalue weighted by Crippen LogP contribution is 2.33. The highest BCUT2D eigenvalue weighted by molar-refractivity contribution is 6.37. The number of hydrogen-bond acceptors (Lipinski definition) is 7. The van der Waals surface area contributed by atoms with Gasteiger partial charge >= 0.3 is 0 Å². The maximum atomic E-state index is 13.4. The number of fused-ring (bicyclic) bond motifs is 1. The molecule has 35 heavy (non-hydrogen) atoms. The van der Waals surface area contributed by atoms with Crippen molar-refractivity contribution in [3.05, 3.63) is 27.7 Å². The van der Waals surface area contributed by atoms with E-state index in [-0.39, 0.29) is 59.5 Å². The molecule has 1 aromatic carbocycles. The van der Waals surface area contributed by atoms with Gasteiger partial charge in [0.05, 0.1) is 16.1 Å². The van der Waals surface area contributed by atoms with Gasteiger partial charge in [-0.05, 0) is 38.3 Å². The summed E-state index contributed by atoms with van der Waals surface area (Å²) in [5.41, 5.74) is -0.0102. The Morgan fingerprint density at radius 3 is 2.46 bits per heavy atom. The predicted molar refractivity (Wildman–Crippen MR) is 123 cm³/mol. The molecule has 13 heteroatoms. The largest absolute Gasteiger partial charge is 0.505 e. The number of aromatic hydroxyl groups is 1. The van der Waals surface area contributed by atoms with E-state index >= 15 is 0 Å². The zero-order chi connectivity index (χ0) is 25.9. The third kappa shape index (κ3) is 5.91. The second-order valence-electron chi connectivity index (χ2n) is 8.37. The molecule has 0 bridgehead atoms. The number of Topliss-reactive ketones (excluding diaryl/α,β-unsaturated/α-hetero) is 1. The molecule has 4 amide bonds. The van der Waals surface area contributed by atoms with Gasteiger partial charge < -0.3 is 20.5 Å². The molecule has 3 N–H and O–H groups in total. The quantitative estimate of drug-likeness (QED) is 0.447. The van der Waals surface area contributed by atoms with E-state index in [1.807, 2.05) is 0 Å². The van der Waals surface area contributed by atoms with Gasteiger partial charge in [0.1, 0.15) is 24.2 Å². The SMILES string of the molecule is CC(=O)C[C@@H](C=O)NC(=O)[C@@H]1CCCN2C(=O)CC[C@H](NC(=O)c3cc(Cl)c(O)c(Cl)c3)C(=O)N12. The molecular weight excluding hydrogens is 503 g/mol. The minimum Gasteiger partial charge on any atom is -0.505 e. The molecule has 0 unspecified atom stereocenters. The highest BCUT2D eigenvalue weighted by Gasteiger charge is 2.45. The molecule has 2 fully saturated rings. The molecule has 188 valence electrons. The van der Waals surface area contributed by atoms with Gasteiger partial charge in [-0.15, -0.1) is 0 Å². The zero-order valence-corrected chi connectivity index (χ0v) is 20.3. The van der Waals surface area contributed by atoms with Gasteiger partial charge in [-0.1, -0.05) is 23.2 Å². The van der Waals surface area contributed by atoms with E-state index in [4.69, 9.17) is 23.2 Å². The lowest BCUT2D eigenvalue weighted by Crippen LogP contribution is -2.64. The maximum absolute atomic E-state index is 13.4. The van der Waals surface area contributed by atoms with Crippen molar-refractivity contribution in [1.82, 2.24) is 20.7 Å². The number of phenols is 1. The van der Waals surface area contributed by atoms with Gasteiger partial charge in [-0.3, -0.25) is 29.0 Å². The number of nitrogens with one attached hydrogen (secondary N) is 2. The van der Waals surface area contributed by atoms with Crippen LogP contribution in [0.15, 0.2) is 12.1 Å². The lowest BCUT2D eigenvalue weighted by molar-refractivity contribution is -0.176. The molecule has 3 rings (SSSR count). The summed E-state index contributed by atoms with van der Waals surface area (Å²) < 4.78 is 0. The number of ketones is 1. The van der Waals surface area contributed by atoms with Crippen LogP contribution in [0.1, 0.15) is 49.4 Å². The van der Waals surface area contributed by atoms with Gasteiger partial charge in [0.2, 0.25) is 11.8 Å². The number of halogens is 2. The van der Waals surface area contributed by atoms with Gasteiger partial charge in [0.15, 0.2) is 5.75 Å². The monoisotopic (exact) mass is 526 g/mol. The molecule has 0 spiro atoms. The van der Waals surface area contributed by atoms with E-state index < -0.39 is 41.6 Å². The van der Waals surface area contributed by atoms with Crippen LogP contribution in [0.2, 0.25) is 10.0 Å². The summed E-state index contributed by atoms with van der Waals surface area (Å²) in [6.07, 6.45) is 0.831. The third-order valence-electron chi connectivity index (χ3n) is 5.75. The molecule has 1 aromatic rings. The molecule has 11 nitrogen and oxygen atoms in total. The molecular formula is C22H24Cl2N4O7. The number of rotatable bonds is 7. The Bertz CT molecular complexity index is 1060. The fourth-order valence-electron chi connectivity index (χ4n) is 4.07. The minimum absolute atomic E-state index is 0.00834. The average molecular weight is 527 g/mol. The van der Waals surface area contributed by atoms with Crippen LogP contribution in [0.3, 0.4) is 0 Å². The molecule has 0 aromatic heterocycles. The predicted octanol–water partition coefficient (Wildman–Crippen LogP) is 0.989. The lowest BCUT2D eigenvalue weighted by Gasteiger charge is -2.43. The summed E-state index contributed by atoms with van der Waals surface area (Å²) in [4.78, 5) is 74.6. The van der Waals surface area contributed by atoms with Crippen molar-refractivity contribution in [2.75, 3.05) is 6.54 Å². The number of carbonyl (C=O) groups is 6. The normalized spacial score (nSPS) is 21.0. The van der Waals surface area contributed by atoms with Crippen LogP contribution >= 0.6 is 23.2 Å². The molecule has 2 heterocycles. The number of hydrazine groups is 1. The Hall–Kier alpha value is -3.18. The molecule has 0 aliphatic carbocycles. The molecule has 0 saturated carbocycles. The van der Waals surface area contributed by atoms with Crippen LogP contribution in [0.25, 0.3) is 0 Å². The molecule has 0 radical (unpaired) electrons. The molecule has 2 saturated heterocycles. The summed E-state index contributed by atoms with van der Waals surface area (Å²) in [6.45, 7) is 1.49. The number of benzene rings is 1. The maximum Gasteiger partial charge on any atom is 0.264 e. The number of nitrogens with zero attached hydrogens (tertiary/aromatic N) is 2. The van der Waals surface area contributed by atoms with E-state index in [9.17, 15) is 33.9 Å². The van der Waals surface area contributed by atoms with Crippen LogP contribution in [0, 0.1) is 0 Å². The van der Waals surface area contributed by atoms with Gasteiger partial charge in [-0.2, -0.15) is 0 Å². The van der Waals surface area contributed by atoms with Crippen LogP contribution in [-0.2, 0) is 24.0 Å². The first-order valence-electron chi connectivity index (χ1n) is 10.9. The van der Waals surface area contributed by atoms with Crippen molar-refractivity contribution in [1.29, 1.82) is 0 Å². The summed E-state index contributed by atoms with van der Waals surface area (Å²) in [5.74, 6) is -3.15.